The van der Waals surface area contributed by atoms with Gasteiger partial charge in [0.05, 0.1) is 11.4 Å². The highest BCUT2D eigenvalue weighted by Gasteiger charge is 2.24. The summed E-state index contributed by atoms with van der Waals surface area (Å²) in [5.74, 6) is 1.97. The fraction of sp³-hybridized carbons (Fsp3) is 0. The third kappa shape index (κ3) is 4.93. The Balaban J connectivity index is 1.12. The van der Waals surface area contributed by atoms with E-state index >= 15 is 0 Å². The molecule has 0 saturated carbocycles. The third-order valence-electron chi connectivity index (χ3n) is 7.73. The zero-order chi connectivity index (χ0) is 29.3. The molecule has 208 valence electrons. The number of rotatable bonds is 5. The van der Waals surface area contributed by atoms with Crippen molar-refractivity contribution in [1.29, 1.82) is 0 Å². The first kappa shape index (κ1) is 26.1. The van der Waals surface area contributed by atoms with Crippen LogP contribution in [0.5, 0.6) is 0 Å². The van der Waals surface area contributed by atoms with Gasteiger partial charge in [-0.15, -0.1) is 0 Å². The summed E-state index contributed by atoms with van der Waals surface area (Å²) in [7, 11) is 0. The molecule has 0 spiro atoms. The fourth-order valence-corrected chi connectivity index (χ4v) is 6.59. The number of nitrogens with zero attached hydrogens (tertiary/aromatic N) is 4. The summed E-state index contributed by atoms with van der Waals surface area (Å²) in [6.45, 7) is 0. The molecule has 2 heterocycles. The van der Waals surface area contributed by atoms with E-state index in [9.17, 15) is 0 Å². The van der Waals surface area contributed by atoms with Gasteiger partial charge in [-0.1, -0.05) is 133 Å². The van der Waals surface area contributed by atoms with Gasteiger partial charge in [0.15, 0.2) is 17.5 Å². The summed E-state index contributed by atoms with van der Waals surface area (Å²) in [5.41, 5.74) is 8.70. The molecular formula is C39H26N4S. The van der Waals surface area contributed by atoms with Crippen molar-refractivity contribution < 1.29 is 0 Å². The molecule has 0 fully saturated rings. The molecule has 4 nitrogen and oxygen atoms in total. The van der Waals surface area contributed by atoms with Crippen molar-refractivity contribution in [2.75, 3.05) is 4.90 Å². The van der Waals surface area contributed by atoms with Crippen molar-refractivity contribution in [3.63, 3.8) is 0 Å². The molecule has 0 amide bonds. The van der Waals surface area contributed by atoms with E-state index in [0.717, 1.165) is 33.5 Å². The van der Waals surface area contributed by atoms with E-state index in [4.69, 9.17) is 15.0 Å². The predicted molar refractivity (Wildman–Crippen MR) is 180 cm³/mol. The van der Waals surface area contributed by atoms with Crippen LogP contribution in [-0.2, 0) is 0 Å². The smallest absolute Gasteiger partial charge is 0.164 e. The quantitative estimate of drug-likeness (QED) is 0.202. The second-order valence-electron chi connectivity index (χ2n) is 10.5. The Hall–Kier alpha value is -5.52. The molecule has 7 aromatic rings. The molecule has 6 aromatic carbocycles. The first-order chi connectivity index (χ1) is 21.8. The molecule has 8 rings (SSSR count). The maximum absolute atomic E-state index is 4.87. The van der Waals surface area contributed by atoms with Crippen LogP contribution in [-0.4, -0.2) is 15.0 Å². The van der Waals surface area contributed by atoms with Crippen molar-refractivity contribution in [1.82, 2.24) is 15.0 Å². The van der Waals surface area contributed by atoms with E-state index in [0.29, 0.717) is 17.5 Å². The molecule has 0 unspecified atom stereocenters. The van der Waals surface area contributed by atoms with Crippen LogP contribution in [0.15, 0.2) is 168 Å². The minimum absolute atomic E-state index is 0.653. The lowest BCUT2D eigenvalue weighted by Gasteiger charge is -2.32. The van der Waals surface area contributed by atoms with Gasteiger partial charge in [0.1, 0.15) is 0 Å². The highest BCUT2D eigenvalue weighted by atomic mass is 32.2. The molecule has 0 aliphatic carbocycles. The van der Waals surface area contributed by atoms with Gasteiger partial charge in [-0.3, -0.25) is 0 Å². The van der Waals surface area contributed by atoms with E-state index in [-0.39, 0.29) is 0 Å². The van der Waals surface area contributed by atoms with Gasteiger partial charge in [0.25, 0.3) is 0 Å². The largest absolute Gasteiger partial charge is 0.308 e. The lowest BCUT2D eigenvalue weighted by molar-refractivity contribution is 1.07. The molecule has 44 heavy (non-hydrogen) atoms. The Labute approximate surface area is 260 Å². The molecule has 0 atom stereocenters. The zero-order valence-electron chi connectivity index (χ0n) is 23.7. The van der Waals surface area contributed by atoms with E-state index in [1.807, 2.05) is 72.4 Å². The lowest BCUT2D eigenvalue weighted by atomic mass is 10.0. The Kier molecular flexibility index (Phi) is 6.70. The number of hydrogen-bond acceptors (Lipinski definition) is 5. The van der Waals surface area contributed by atoms with Crippen molar-refractivity contribution >= 4 is 28.8 Å². The van der Waals surface area contributed by atoms with Gasteiger partial charge in [-0.05, 0) is 47.5 Å². The van der Waals surface area contributed by atoms with Crippen LogP contribution in [0.3, 0.4) is 0 Å². The first-order valence-electron chi connectivity index (χ1n) is 14.5. The van der Waals surface area contributed by atoms with Crippen LogP contribution in [0.1, 0.15) is 0 Å². The maximum atomic E-state index is 4.87. The number of benzene rings is 6. The van der Waals surface area contributed by atoms with Gasteiger partial charge < -0.3 is 4.90 Å². The molecule has 0 N–H and O–H groups in total. The Bertz CT molecular complexity index is 1970. The van der Waals surface area contributed by atoms with Gasteiger partial charge in [0.2, 0.25) is 0 Å². The standard InChI is InChI=1S/C39H26N4S/c1-3-11-29(12-4-1)37-40-38(30-13-5-2-6-14-30)42-39(41-37)31-21-19-27(20-22-31)28-23-25-32(26-24-28)43-33-15-7-9-17-35(33)44-36-18-10-8-16-34(36)43/h1-26H. The summed E-state index contributed by atoms with van der Waals surface area (Å²) < 4.78 is 0. The predicted octanol–water partition coefficient (Wildman–Crippen LogP) is 10.5. The number of hydrogen-bond donors (Lipinski definition) is 0. The Morgan fingerprint density at radius 1 is 0.341 bits per heavy atom. The number of anilines is 3. The van der Waals surface area contributed by atoms with E-state index < -0.39 is 0 Å². The highest BCUT2D eigenvalue weighted by Crippen LogP contribution is 2.51. The Morgan fingerprint density at radius 2 is 0.705 bits per heavy atom. The second kappa shape index (κ2) is 11.3. The molecule has 1 aromatic heterocycles. The van der Waals surface area contributed by atoms with Gasteiger partial charge in [-0.25, -0.2) is 15.0 Å². The first-order valence-corrected chi connectivity index (χ1v) is 15.4. The van der Waals surface area contributed by atoms with Crippen LogP contribution < -0.4 is 4.90 Å². The summed E-state index contributed by atoms with van der Waals surface area (Å²) in [5, 5.41) is 0. The van der Waals surface area contributed by atoms with Crippen molar-refractivity contribution in [2.45, 2.75) is 9.79 Å². The van der Waals surface area contributed by atoms with Crippen LogP contribution in [0.2, 0.25) is 0 Å². The van der Waals surface area contributed by atoms with Crippen LogP contribution in [0, 0.1) is 0 Å². The zero-order valence-corrected chi connectivity index (χ0v) is 24.5. The summed E-state index contributed by atoms with van der Waals surface area (Å²) >= 11 is 1.82. The topological polar surface area (TPSA) is 41.9 Å². The molecular weight excluding hydrogens is 557 g/mol. The van der Waals surface area contributed by atoms with Gasteiger partial charge >= 0.3 is 0 Å². The van der Waals surface area contributed by atoms with Gasteiger partial charge in [-0.2, -0.15) is 0 Å². The number of para-hydroxylation sites is 2. The monoisotopic (exact) mass is 582 g/mol. The minimum Gasteiger partial charge on any atom is -0.308 e. The highest BCUT2D eigenvalue weighted by molar-refractivity contribution is 7.99. The SMILES string of the molecule is c1ccc(-c2nc(-c3ccccc3)nc(-c3ccc(-c4ccc(N5c6ccccc6Sc6ccccc65)cc4)cc3)n2)cc1. The van der Waals surface area contributed by atoms with E-state index in [1.54, 1.807) is 0 Å². The van der Waals surface area contributed by atoms with Crippen LogP contribution >= 0.6 is 11.8 Å². The number of fused-ring (bicyclic) bond motifs is 2. The molecule has 1 aliphatic rings. The van der Waals surface area contributed by atoms with Crippen LogP contribution in [0.25, 0.3) is 45.3 Å². The average molecular weight is 583 g/mol. The van der Waals surface area contributed by atoms with E-state index in [2.05, 4.69) is 102 Å². The summed E-state index contributed by atoms with van der Waals surface area (Å²) in [6, 6.07) is 54.6. The molecule has 0 saturated heterocycles. The van der Waals surface area contributed by atoms with Crippen molar-refractivity contribution in [3.8, 4) is 45.3 Å². The maximum Gasteiger partial charge on any atom is 0.164 e. The fourth-order valence-electron chi connectivity index (χ4n) is 5.54. The molecule has 5 heteroatoms. The number of aromatic nitrogens is 3. The summed E-state index contributed by atoms with van der Waals surface area (Å²) in [6.07, 6.45) is 0. The normalized spacial score (nSPS) is 12.0. The third-order valence-corrected chi connectivity index (χ3v) is 8.86. The molecule has 1 aliphatic heterocycles. The average Bonchev–Trinajstić information content (AvgIpc) is 3.11. The van der Waals surface area contributed by atoms with Crippen LogP contribution in [0.4, 0.5) is 17.1 Å². The van der Waals surface area contributed by atoms with E-state index in [1.165, 1.54) is 21.2 Å². The lowest BCUT2D eigenvalue weighted by Crippen LogP contribution is -2.14. The van der Waals surface area contributed by atoms with Crippen molar-refractivity contribution in [3.05, 3.63) is 158 Å². The van der Waals surface area contributed by atoms with Gasteiger partial charge in [0, 0.05) is 32.2 Å². The molecule has 0 radical (unpaired) electrons. The second-order valence-corrected chi connectivity index (χ2v) is 11.6. The minimum atomic E-state index is 0.653. The summed E-state index contributed by atoms with van der Waals surface area (Å²) in [4.78, 5) is 19.4. The Morgan fingerprint density at radius 3 is 1.18 bits per heavy atom. The molecule has 0 bridgehead atoms. The van der Waals surface area contributed by atoms with Crippen molar-refractivity contribution in [2.24, 2.45) is 0 Å².